The molecule has 0 aliphatic carbocycles. The Kier molecular flexibility index (Phi) is 3.33. The van der Waals surface area contributed by atoms with Crippen LogP contribution < -0.4 is 10.2 Å². The zero-order valence-electron chi connectivity index (χ0n) is 12.0. The predicted molar refractivity (Wildman–Crippen MR) is 75.7 cm³/mol. The lowest BCUT2D eigenvalue weighted by atomic mass is 10.1. The molecule has 6 heteroatoms. The average Bonchev–Trinajstić information content (AvgIpc) is 2.76. The van der Waals surface area contributed by atoms with Crippen LogP contribution in [0.25, 0.3) is 0 Å². The Labute approximate surface area is 117 Å². The molecular weight excluding hydrogens is 259 g/mol. The van der Waals surface area contributed by atoms with Crippen LogP contribution in [0.4, 0.5) is 10.2 Å². The molecule has 2 aliphatic heterocycles. The number of fused-ring (bicyclic) bond motifs is 3. The van der Waals surface area contributed by atoms with Gasteiger partial charge in [0.1, 0.15) is 24.3 Å². The summed E-state index contributed by atoms with van der Waals surface area (Å²) in [6.07, 6.45) is 0.845. The normalized spacial score (nSPS) is 25.4. The van der Waals surface area contributed by atoms with Gasteiger partial charge in [0.2, 0.25) is 0 Å². The van der Waals surface area contributed by atoms with Crippen molar-refractivity contribution in [2.24, 2.45) is 5.16 Å². The summed E-state index contributed by atoms with van der Waals surface area (Å²) in [5.41, 5.74) is 1.72. The quantitative estimate of drug-likeness (QED) is 0.654. The van der Waals surface area contributed by atoms with E-state index in [1.807, 2.05) is 0 Å². The van der Waals surface area contributed by atoms with Gasteiger partial charge in [0.05, 0.1) is 0 Å². The number of aromatic nitrogens is 1. The standard InChI is InChI=1S/C14H19FN4O/c1-8-6-16-7-11-4-10-5-12(15)13(9(2)18-20-3)17-14(10)19(8)11/h5,8,11,16H,4,6-7H2,1-3H3/t8-,11-/m1/s1. The monoisotopic (exact) mass is 278 g/mol. The molecule has 3 rings (SSSR count). The van der Waals surface area contributed by atoms with Gasteiger partial charge in [0.25, 0.3) is 0 Å². The average molecular weight is 278 g/mol. The topological polar surface area (TPSA) is 49.8 Å². The van der Waals surface area contributed by atoms with Crippen molar-refractivity contribution >= 4 is 11.5 Å². The van der Waals surface area contributed by atoms with E-state index in [9.17, 15) is 4.39 Å². The van der Waals surface area contributed by atoms with Crippen LogP contribution in [0.15, 0.2) is 11.2 Å². The molecule has 108 valence electrons. The highest BCUT2D eigenvalue weighted by Crippen LogP contribution is 2.34. The lowest BCUT2D eigenvalue weighted by Gasteiger charge is -2.37. The minimum Gasteiger partial charge on any atom is -0.399 e. The number of hydrogen-bond acceptors (Lipinski definition) is 5. The predicted octanol–water partition coefficient (Wildman–Crippen LogP) is 1.31. The van der Waals surface area contributed by atoms with E-state index in [4.69, 9.17) is 4.84 Å². The van der Waals surface area contributed by atoms with Crippen LogP contribution in [0.1, 0.15) is 25.1 Å². The molecule has 2 aliphatic rings. The molecular formula is C14H19FN4O. The number of piperazine rings is 1. The first-order valence-electron chi connectivity index (χ1n) is 6.88. The minimum absolute atomic E-state index is 0.275. The summed E-state index contributed by atoms with van der Waals surface area (Å²) in [5, 5.41) is 7.19. The van der Waals surface area contributed by atoms with Crippen molar-refractivity contribution in [1.82, 2.24) is 10.3 Å². The molecule has 0 aromatic carbocycles. The summed E-state index contributed by atoms with van der Waals surface area (Å²) in [6.45, 7) is 5.71. The molecule has 0 radical (unpaired) electrons. The Balaban J connectivity index is 2.04. The number of anilines is 1. The van der Waals surface area contributed by atoms with Crippen molar-refractivity contribution in [3.05, 3.63) is 23.1 Å². The molecule has 0 bridgehead atoms. The zero-order chi connectivity index (χ0) is 14.3. The fraction of sp³-hybridized carbons (Fsp3) is 0.571. The van der Waals surface area contributed by atoms with E-state index in [1.54, 1.807) is 13.0 Å². The van der Waals surface area contributed by atoms with Crippen LogP contribution in [0.3, 0.4) is 0 Å². The Hall–Kier alpha value is -1.69. The fourth-order valence-corrected chi connectivity index (χ4v) is 3.15. The molecule has 0 saturated carbocycles. The number of halogens is 1. The number of hydrogen-bond donors (Lipinski definition) is 1. The first kappa shape index (κ1) is 13.3. The van der Waals surface area contributed by atoms with Crippen LogP contribution in [0, 0.1) is 5.82 Å². The summed E-state index contributed by atoms with van der Waals surface area (Å²) < 4.78 is 14.2. The number of oxime groups is 1. The molecule has 5 nitrogen and oxygen atoms in total. The molecule has 1 fully saturated rings. The van der Waals surface area contributed by atoms with Crippen LogP contribution in [0.2, 0.25) is 0 Å². The highest BCUT2D eigenvalue weighted by molar-refractivity contribution is 5.97. The second-order valence-corrected chi connectivity index (χ2v) is 5.43. The van der Waals surface area contributed by atoms with Crippen molar-refractivity contribution in [2.75, 3.05) is 25.1 Å². The van der Waals surface area contributed by atoms with Gasteiger partial charge < -0.3 is 15.1 Å². The van der Waals surface area contributed by atoms with Gasteiger partial charge in [0.15, 0.2) is 5.82 Å². The van der Waals surface area contributed by atoms with Crippen molar-refractivity contribution in [3.8, 4) is 0 Å². The van der Waals surface area contributed by atoms with Gasteiger partial charge in [-0.15, -0.1) is 0 Å². The highest BCUT2D eigenvalue weighted by Gasteiger charge is 2.37. The first-order valence-corrected chi connectivity index (χ1v) is 6.88. The molecule has 1 aromatic rings. The van der Waals surface area contributed by atoms with E-state index >= 15 is 0 Å². The number of rotatable bonds is 2. The molecule has 0 amide bonds. The van der Waals surface area contributed by atoms with E-state index in [-0.39, 0.29) is 11.5 Å². The molecule has 0 spiro atoms. The Bertz CT molecular complexity index is 560. The summed E-state index contributed by atoms with van der Waals surface area (Å²) >= 11 is 0. The van der Waals surface area contributed by atoms with Crippen molar-refractivity contribution in [2.45, 2.75) is 32.4 Å². The molecule has 20 heavy (non-hydrogen) atoms. The van der Waals surface area contributed by atoms with Crippen molar-refractivity contribution < 1.29 is 9.23 Å². The van der Waals surface area contributed by atoms with Crippen LogP contribution in [0.5, 0.6) is 0 Å². The second kappa shape index (κ2) is 5.01. The van der Waals surface area contributed by atoms with E-state index in [2.05, 4.69) is 27.3 Å². The van der Waals surface area contributed by atoms with Crippen LogP contribution in [-0.2, 0) is 11.3 Å². The van der Waals surface area contributed by atoms with E-state index in [1.165, 1.54) is 7.11 Å². The smallest absolute Gasteiger partial charge is 0.151 e. The molecule has 1 N–H and O–H groups in total. The van der Waals surface area contributed by atoms with Gasteiger partial charge in [-0.2, -0.15) is 0 Å². The number of pyridine rings is 1. The fourth-order valence-electron chi connectivity index (χ4n) is 3.15. The molecule has 2 atom stereocenters. The molecule has 1 saturated heterocycles. The number of nitrogens with one attached hydrogen (secondary N) is 1. The number of nitrogens with zero attached hydrogens (tertiary/aromatic N) is 3. The van der Waals surface area contributed by atoms with Crippen molar-refractivity contribution in [3.63, 3.8) is 0 Å². The van der Waals surface area contributed by atoms with Gasteiger partial charge in [-0.3, -0.25) is 0 Å². The Morgan fingerprint density at radius 3 is 3.10 bits per heavy atom. The minimum atomic E-state index is -0.331. The third-order valence-corrected chi connectivity index (χ3v) is 3.99. The molecule has 0 unspecified atom stereocenters. The van der Waals surface area contributed by atoms with Crippen LogP contribution >= 0.6 is 0 Å². The summed E-state index contributed by atoms with van der Waals surface area (Å²) in [5.74, 6) is 0.563. The Morgan fingerprint density at radius 1 is 1.55 bits per heavy atom. The third-order valence-electron chi connectivity index (χ3n) is 3.99. The maximum absolute atomic E-state index is 14.2. The summed E-state index contributed by atoms with van der Waals surface area (Å²) in [7, 11) is 1.45. The SMILES string of the molecule is CON=C(C)c1nc2c(cc1F)C[C@@H]1CNC[C@@H](C)N21. The highest BCUT2D eigenvalue weighted by atomic mass is 19.1. The largest absolute Gasteiger partial charge is 0.399 e. The van der Waals surface area contributed by atoms with Crippen molar-refractivity contribution in [1.29, 1.82) is 0 Å². The molecule has 1 aromatic heterocycles. The van der Waals surface area contributed by atoms with Crippen LogP contribution in [-0.4, -0.2) is 43.0 Å². The van der Waals surface area contributed by atoms with Gasteiger partial charge in [0, 0.05) is 25.2 Å². The van der Waals surface area contributed by atoms with E-state index in [0.29, 0.717) is 17.8 Å². The Morgan fingerprint density at radius 2 is 2.35 bits per heavy atom. The maximum Gasteiger partial charge on any atom is 0.151 e. The maximum atomic E-state index is 14.2. The lowest BCUT2D eigenvalue weighted by Crippen LogP contribution is -2.55. The zero-order valence-corrected chi connectivity index (χ0v) is 12.0. The summed E-state index contributed by atoms with van der Waals surface area (Å²) in [6, 6.07) is 2.33. The third kappa shape index (κ3) is 2.04. The lowest BCUT2D eigenvalue weighted by molar-refractivity contribution is 0.213. The van der Waals surface area contributed by atoms with E-state index in [0.717, 1.165) is 30.9 Å². The van der Waals surface area contributed by atoms with Gasteiger partial charge >= 0.3 is 0 Å². The summed E-state index contributed by atoms with van der Waals surface area (Å²) in [4.78, 5) is 11.5. The molecule has 3 heterocycles. The van der Waals surface area contributed by atoms with Gasteiger partial charge in [-0.25, -0.2) is 9.37 Å². The van der Waals surface area contributed by atoms with Gasteiger partial charge in [-0.05, 0) is 31.9 Å². The van der Waals surface area contributed by atoms with Gasteiger partial charge in [-0.1, -0.05) is 5.16 Å². The first-order chi connectivity index (χ1) is 9.61. The second-order valence-electron chi connectivity index (χ2n) is 5.43. The van der Waals surface area contributed by atoms with E-state index < -0.39 is 0 Å².